The van der Waals surface area contributed by atoms with Gasteiger partial charge in [0.25, 0.3) is 0 Å². The normalized spacial score (nSPS) is 19.5. The lowest BCUT2D eigenvalue weighted by molar-refractivity contribution is -0.137. The third kappa shape index (κ3) is 3.58. The van der Waals surface area contributed by atoms with Gasteiger partial charge in [0.1, 0.15) is 12.6 Å². The number of ether oxygens (including phenoxy) is 1. The molecule has 0 aromatic heterocycles. The van der Waals surface area contributed by atoms with Gasteiger partial charge in [-0.15, -0.1) is 0 Å². The number of amides is 3. The molecule has 4 rings (SSSR count). The molecule has 162 valence electrons. The number of benzene rings is 2. The first-order valence-corrected chi connectivity index (χ1v) is 10.3. The fourth-order valence-corrected chi connectivity index (χ4v) is 4.51. The summed E-state index contributed by atoms with van der Waals surface area (Å²) in [6.45, 7) is 2.55. The molecule has 2 aromatic carbocycles. The lowest BCUT2D eigenvalue weighted by atomic mass is 9.79. The summed E-state index contributed by atoms with van der Waals surface area (Å²) >= 11 is 0. The lowest BCUT2D eigenvalue weighted by Crippen LogP contribution is -2.60. The second-order valence-electron chi connectivity index (χ2n) is 7.68. The zero-order valence-electron chi connectivity index (χ0n) is 17.3. The maximum absolute atomic E-state index is 13.1. The molecule has 31 heavy (non-hydrogen) atoms. The summed E-state index contributed by atoms with van der Waals surface area (Å²) in [5.41, 5.74) is 0.589. The standard InChI is InChI=1S/C23H25N3O5/c1-2-24(16-20(27)28)21(29)25-13-14-26-19(15-25)23(31-22(26)30,17-9-5-3-6-10-17)18-11-7-4-8-12-18/h3-12,19H,2,13-16H2,1H3,(H,27,28). The second-order valence-corrected chi connectivity index (χ2v) is 7.68. The molecule has 8 heteroatoms. The first-order chi connectivity index (χ1) is 15.0. The van der Waals surface area contributed by atoms with Gasteiger partial charge in [-0.2, -0.15) is 0 Å². The zero-order chi connectivity index (χ0) is 22.0. The van der Waals surface area contributed by atoms with Crippen molar-refractivity contribution in [2.24, 2.45) is 0 Å². The summed E-state index contributed by atoms with van der Waals surface area (Å²) in [5, 5.41) is 9.14. The molecule has 3 amide bonds. The molecule has 0 bridgehead atoms. The molecule has 1 atom stereocenters. The monoisotopic (exact) mass is 423 g/mol. The average molecular weight is 423 g/mol. The average Bonchev–Trinajstić information content (AvgIpc) is 3.11. The van der Waals surface area contributed by atoms with E-state index in [9.17, 15) is 14.4 Å². The van der Waals surface area contributed by atoms with Gasteiger partial charge in [-0.25, -0.2) is 9.59 Å². The van der Waals surface area contributed by atoms with Gasteiger partial charge in [0.15, 0.2) is 5.60 Å². The molecule has 2 aliphatic heterocycles. The highest BCUT2D eigenvalue weighted by atomic mass is 16.6. The van der Waals surface area contributed by atoms with Crippen molar-refractivity contribution < 1.29 is 24.2 Å². The second kappa shape index (κ2) is 8.29. The number of hydrogen-bond acceptors (Lipinski definition) is 4. The number of carboxylic acids is 1. The van der Waals surface area contributed by atoms with Crippen LogP contribution in [0.15, 0.2) is 60.7 Å². The van der Waals surface area contributed by atoms with Crippen LogP contribution in [0.5, 0.6) is 0 Å². The van der Waals surface area contributed by atoms with Crippen molar-refractivity contribution >= 4 is 18.1 Å². The van der Waals surface area contributed by atoms with Gasteiger partial charge >= 0.3 is 18.1 Å². The highest BCUT2D eigenvalue weighted by Crippen LogP contribution is 2.45. The number of hydrogen-bond donors (Lipinski definition) is 1. The molecular formula is C23H25N3O5. The summed E-state index contributed by atoms with van der Waals surface area (Å²) < 4.78 is 6.09. The van der Waals surface area contributed by atoms with Crippen LogP contribution in [-0.4, -0.2) is 76.7 Å². The number of carboxylic acid groups (broad SMARTS) is 1. The van der Waals surface area contributed by atoms with Crippen LogP contribution in [0, 0.1) is 0 Å². The molecule has 2 aromatic rings. The molecular weight excluding hydrogens is 398 g/mol. The number of carbonyl (C=O) groups excluding carboxylic acids is 2. The summed E-state index contributed by atoms with van der Waals surface area (Å²) in [4.78, 5) is 41.7. The fraction of sp³-hybridized carbons (Fsp3) is 0.348. The van der Waals surface area contributed by atoms with Crippen molar-refractivity contribution in [2.45, 2.75) is 18.6 Å². The van der Waals surface area contributed by atoms with E-state index in [-0.39, 0.29) is 25.7 Å². The van der Waals surface area contributed by atoms with E-state index < -0.39 is 23.7 Å². The molecule has 1 N–H and O–H groups in total. The van der Waals surface area contributed by atoms with Crippen LogP contribution in [0.4, 0.5) is 9.59 Å². The minimum atomic E-state index is -1.07. The van der Waals surface area contributed by atoms with Gasteiger partial charge in [-0.1, -0.05) is 60.7 Å². The number of urea groups is 1. The lowest BCUT2D eigenvalue weighted by Gasteiger charge is -2.43. The molecule has 0 saturated carbocycles. The van der Waals surface area contributed by atoms with Gasteiger partial charge in [-0.05, 0) is 6.92 Å². The maximum Gasteiger partial charge on any atom is 0.411 e. The summed E-state index contributed by atoms with van der Waals surface area (Å²) in [6.07, 6.45) is -0.414. The number of rotatable bonds is 5. The van der Waals surface area contributed by atoms with E-state index in [0.717, 1.165) is 11.1 Å². The number of likely N-dealkylation sites (N-methyl/N-ethyl adjacent to an activating group) is 1. The van der Waals surface area contributed by atoms with Crippen molar-refractivity contribution in [3.8, 4) is 0 Å². The number of piperazine rings is 1. The fourth-order valence-electron chi connectivity index (χ4n) is 4.51. The Kier molecular flexibility index (Phi) is 5.54. The molecule has 1 unspecified atom stereocenters. The first kappa shape index (κ1) is 20.7. The van der Waals surface area contributed by atoms with Gasteiger partial charge in [0.05, 0.1) is 0 Å². The van der Waals surface area contributed by atoms with Crippen LogP contribution < -0.4 is 0 Å². The molecule has 2 fully saturated rings. The topological polar surface area (TPSA) is 90.4 Å². The van der Waals surface area contributed by atoms with Crippen LogP contribution in [-0.2, 0) is 15.1 Å². The molecule has 0 aliphatic carbocycles. The summed E-state index contributed by atoms with van der Waals surface area (Å²) in [5.74, 6) is -1.06. The maximum atomic E-state index is 13.1. The number of cyclic esters (lactones) is 1. The van der Waals surface area contributed by atoms with Crippen LogP contribution in [0.2, 0.25) is 0 Å². The third-order valence-corrected chi connectivity index (χ3v) is 5.99. The highest BCUT2D eigenvalue weighted by Gasteiger charge is 2.58. The predicted molar refractivity (Wildman–Crippen MR) is 112 cm³/mol. The van der Waals surface area contributed by atoms with Crippen LogP contribution >= 0.6 is 0 Å². The van der Waals surface area contributed by atoms with Crippen molar-refractivity contribution in [3.05, 3.63) is 71.8 Å². The first-order valence-electron chi connectivity index (χ1n) is 10.3. The Hall–Kier alpha value is -3.55. The Morgan fingerprint density at radius 3 is 2.16 bits per heavy atom. The Morgan fingerprint density at radius 2 is 1.65 bits per heavy atom. The van der Waals surface area contributed by atoms with Crippen LogP contribution in [0.3, 0.4) is 0 Å². The van der Waals surface area contributed by atoms with Crippen LogP contribution in [0.25, 0.3) is 0 Å². The van der Waals surface area contributed by atoms with E-state index in [1.165, 1.54) is 4.90 Å². The van der Waals surface area contributed by atoms with Crippen molar-refractivity contribution in [3.63, 3.8) is 0 Å². The molecule has 2 aliphatic rings. The largest absolute Gasteiger partial charge is 0.480 e. The quantitative estimate of drug-likeness (QED) is 0.798. The molecule has 2 heterocycles. The predicted octanol–water partition coefficient (Wildman–Crippen LogP) is 2.59. The SMILES string of the molecule is CCN(CC(=O)O)C(=O)N1CCN2C(=O)OC(c3ccccc3)(c3ccccc3)C2C1. The van der Waals surface area contributed by atoms with Gasteiger partial charge in [0.2, 0.25) is 0 Å². The number of carbonyl (C=O) groups is 3. The van der Waals surface area contributed by atoms with E-state index in [2.05, 4.69) is 0 Å². The van der Waals surface area contributed by atoms with E-state index >= 15 is 0 Å². The van der Waals surface area contributed by atoms with Gasteiger partial charge in [-0.3, -0.25) is 9.69 Å². The Bertz CT molecular complexity index is 926. The highest BCUT2D eigenvalue weighted by molar-refractivity contribution is 5.81. The Balaban J connectivity index is 1.74. The molecule has 2 saturated heterocycles. The molecule has 0 radical (unpaired) electrons. The summed E-state index contributed by atoms with van der Waals surface area (Å²) in [7, 11) is 0. The molecule has 8 nitrogen and oxygen atoms in total. The smallest absolute Gasteiger partial charge is 0.411 e. The Morgan fingerprint density at radius 1 is 1.06 bits per heavy atom. The Labute approximate surface area is 180 Å². The van der Waals surface area contributed by atoms with Crippen molar-refractivity contribution in [2.75, 3.05) is 32.7 Å². The minimum absolute atomic E-state index is 0.241. The van der Waals surface area contributed by atoms with Gasteiger partial charge < -0.3 is 19.6 Å². The van der Waals surface area contributed by atoms with E-state index in [1.807, 2.05) is 60.7 Å². The van der Waals surface area contributed by atoms with Crippen LogP contribution in [0.1, 0.15) is 18.1 Å². The summed E-state index contributed by atoms with van der Waals surface area (Å²) in [6, 6.07) is 18.3. The number of nitrogens with zero attached hydrogens (tertiary/aromatic N) is 3. The zero-order valence-corrected chi connectivity index (χ0v) is 17.3. The number of fused-ring (bicyclic) bond motifs is 1. The van der Waals surface area contributed by atoms with Crippen molar-refractivity contribution in [1.82, 2.24) is 14.7 Å². The van der Waals surface area contributed by atoms with E-state index in [0.29, 0.717) is 13.1 Å². The third-order valence-electron chi connectivity index (χ3n) is 5.99. The van der Waals surface area contributed by atoms with E-state index in [4.69, 9.17) is 9.84 Å². The van der Waals surface area contributed by atoms with Gasteiger partial charge in [0, 0.05) is 37.3 Å². The molecule has 0 spiro atoms. The minimum Gasteiger partial charge on any atom is -0.480 e. The van der Waals surface area contributed by atoms with E-state index in [1.54, 1.807) is 16.7 Å². The number of aliphatic carboxylic acids is 1. The van der Waals surface area contributed by atoms with Crippen molar-refractivity contribution in [1.29, 1.82) is 0 Å².